The summed E-state index contributed by atoms with van der Waals surface area (Å²) in [5.74, 6) is 0. The molecule has 1 atom stereocenters. The van der Waals surface area contributed by atoms with Gasteiger partial charge in [-0.15, -0.1) is 12.4 Å². The Balaban J connectivity index is 0.00000200. The van der Waals surface area contributed by atoms with Crippen LogP contribution in [0.5, 0.6) is 0 Å². The number of aromatic nitrogens is 1. The number of hydrogen-bond acceptors (Lipinski definition) is 4. The SMILES string of the molecule is CC(c1ccccn1)S(=O)(=O)N(C)C1CCNCC1.Cl. The van der Waals surface area contributed by atoms with Crippen molar-refractivity contribution in [2.45, 2.75) is 31.1 Å². The van der Waals surface area contributed by atoms with Crippen molar-refractivity contribution in [3.8, 4) is 0 Å². The molecule has 0 spiro atoms. The Kier molecular flexibility index (Phi) is 6.39. The number of nitrogens with zero attached hydrogens (tertiary/aromatic N) is 2. The molecule has 1 aliphatic rings. The lowest BCUT2D eigenvalue weighted by atomic mass is 10.1. The van der Waals surface area contributed by atoms with Crippen LogP contribution in [0.3, 0.4) is 0 Å². The van der Waals surface area contributed by atoms with Crippen LogP contribution in [0, 0.1) is 0 Å². The van der Waals surface area contributed by atoms with Gasteiger partial charge in [0.25, 0.3) is 0 Å². The quantitative estimate of drug-likeness (QED) is 0.915. The second-order valence-corrected chi connectivity index (χ2v) is 7.25. The summed E-state index contributed by atoms with van der Waals surface area (Å²) in [7, 11) is -1.66. The van der Waals surface area contributed by atoms with Crippen LogP contribution in [0.15, 0.2) is 24.4 Å². The van der Waals surface area contributed by atoms with Crippen LogP contribution >= 0.6 is 12.4 Å². The van der Waals surface area contributed by atoms with Gasteiger partial charge in [-0.2, -0.15) is 0 Å². The maximum Gasteiger partial charge on any atom is 0.222 e. The third kappa shape index (κ3) is 3.69. The zero-order valence-electron chi connectivity index (χ0n) is 11.8. The van der Waals surface area contributed by atoms with Gasteiger partial charge in [0, 0.05) is 19.3 Å². The lowest BCUT2D eigenvalue weighted by molar-refractivity contribution is 0.294. The molecule has 0 bridgehead atoms. The molecule has 1 saturated heterocycles. The van der Waals surface area contributed by atoms with E-state index < -0.39 is 15.3 Å². The van der Waals surface area contributed by atoms with E-state index in [-0.39, 0.29) is 18.4 Å². The summed E-state index contributed by atoms with van der Waals surface area (Å²) in [5, 5.41) is 2.64. The molecular formula is C13H22ClN3O2S. The van der Waals surface area contributed by atoms with Crippen molar-refractivity contribution in [1.29, 1.82) is 0 Å². The first-order valence-electron chi connectivity index (χ1n) is 6.62. The Labute approximate surface area is 127 Å². The second-order valence-electron chi connectivity index (χ2n) is 4.94. The van der Waals surface area contributed by atoms with Crippen LogP contribution < -0.4 is 5.32 Å². The summed E-state index contributed by atoms with van der Waals surface area (Å²) in [5.41, 5.74) is 0.600. The van der Waals surface area contributed by atoms with Crippen molar-refractivity contribution in [2.24, 2.45) is 0 Å². The Bertz CT molecular complexity index is 504. The monoisotopic (exact) mass is 319 g/mol. The van der Waals surface area contributed by atoms with Crippen LogP contribution in [-0.2, 0) is 10.0 Å². The number of sulfonamides is 1. The fourth-order valence-corrected chi connectivity index (χ4v) is 3.97. The minimum atomic E-state index is -3.35. The molecule has 114 valence electrons. The van der Waals surface area contributed by atoms with E-state index >= 15 is 0 Å². The minimum absolute atomic E-state index is 0. The Morgan fingerprint density at radius 1 is 1.35 bits per heavy atom. The summed E-state index contributed by atoms with van der Waals surface area (Å²) in [6, 6.07) is 5.47. The maximum absolute atomic E-state index is 12.6. The first-order valence-corrected chi connectivity index (χ1v) is 8.12. The lowest BCUT2D eigenvalue weighted by Gasteiger charge is -2.32. The van der Waals surface area contributed by atoms with Crippen molar-refractivity contribution < 1.29 is 8.42 Å². The molecule has 1 aromatic heterocycles. The molecule has 2 rings (SSSR count). The van der Waals surface area contributed by atoms with Gasteiger partial charge in [-0.25, -0.2) is 12.7 Å². The molecule has 0 amide bonds. The van der Waals surface area contributed by atoms with Crippen LogP contribution in [0.2, 0.25) is 0 Å². The number of piperidine rings is 1. The molecule has 5 nitrogen and oxygen atoms in total. The van der Waals surface area contributed by atoms with Crippen molar-refractivity contribution in [3.63, 3.8) is 0 Å². The molecule has 0 radical (unpaired) electrons. The van der Waals surface area contributed by atoms with Gasteiger partial charge in [0.05, 0.1) is 5.69 Å². The number of hydrogen-bond donors (Lipinski definition) is 1. The lowest BCUT2D eigenvalue weighted by Crippen LogP contribution is -2.45. The highest BCUT2D eigenvalue weighted by Crippen LogP contribution is 2.25. The van der Waals surface area contributed by atoms with E-state index in [0.717, 1.165) is 25.9 Å². The summed E-state index contributed by atoms with van der Waals surface area (Å²) < 4.78 is 26.7. The smallest absolute Gasteiger partial charge is 0.222 e. The zero-order chi connectivity index (χ0) is 13.9. The predicted molar refractivity (Wildman–Crippen MR) is 82.5 cm³/mol. The molecule has 1 N–H and O–H groups in total. The topological polar surface area (TPSA) is 62.3 Å². The van der Waals surface area contributed by atoms with Gasteiger partial charge in [0.15, 0.2) is 0 Å². The molecule has 0 saturated carbocycles. The fourth-order valence-electron chi connectivity index (χ4n) is 2.40. The molecular weight excluding hydrogens is 298 g/mol. The normalized spacial score (nSPS) is 18.6. The Morgan fingerprint density at radius 2 is 2.00 bits per heavy atom. The second kappa shape index (κ2) is 7.36. The minimum Gasteiger partial charge on any atom is -0.317 e. The number of halogens is 1. The van der Waals surface area contributed by atoms with Gasteiger partial charge >= 0.3 is 0 Å². The van der Waals surface area contributed by atoms with Crippen molar-refractivity contribution >= 4 is 22.4 Å². The molecule has 0 aliphatic carbocycles. The molecule has 1 unspecified atom stereocenters. The van der Waals surface area contributed by atoms with Crippen molar-refractivity contribution in [2.75, 3.05) is 20.1 Å². The molecule has 0 aromatic carbocycles. The van der Waals surface area contributed by atoms with Crippen molar-refractivity contribution in [3.05, 3.63) is 30.1 Å². The fraction of sp³-hybridized carbons (Fsp3) is 0.615. The molecule has 1 aromatic rings. The summed E-state index contributed by atoms with van der Waals surface area (Å²) >= 11 is 0. The van der Waals surface area contributed by atoms with E-state index in [1.807, 2.05) is 6.07 Å². The molecule has 20 heavy (non-hydrogen) atoms. The third-order valence-corrected chi connectivity index (χ3v) is 6.01. The van der Waals surface area contributed by atoms with E-state index in [9.17, 15) is 8.42 Å². The molecule has 1 aliphatic heterocycles. The van der Waals surface area contributed by atoms with E-state index in [1.165, 1.54) is 4.31 Å². The highest BCUT2D eigenvalue weighted by atomic mass is 35.5. The molecule has 2 heterocycles. The van der Waals surface area contributed by atoms with Gasteiger partial charge in [0.1, 0.15) is 5.25 Å². The van der Waals surface area contributed by atoms with Gasteiger partial charge in [-0.1, -0.05) is 6.07 Å². The Hall–Kier alpha value is -0.690. The van der Waals surface area contributed by atoms with E-state index in [1.54, 1.807) is 32.3 Å². The average molecular weight is 320 g/mol. The first kappa shape index (κ1) is 17.4. The van der Waals surface area contributed by atoms with Crippen LogP contribution in [0.25, 0.3) is 0 Å². The molecule has 1 fully saturated rings. The summed E-state index contributed by atoms with van der Waals surface area (Å²) in [6.07, 6.45) is 3.36. The summed E-state index contributed by atoms with van der Waals surface area (Å²) in [6.45, 7) is 3.46. The largest absolute Gasteiger partial charge is 0.317 e. The maximum atomic E-state index is 12.6. The highest BCUT2D eigenvalue weighted by Gasteiger charge is 2.33. The number of rotatable bonds is 4. The standard InChI is InChI=1S/C13H21N3O2S.ClH/c1-11(13-5-3-4-8-15-13)19(17,18)16(2)12-6-9-14-10-7-12;/h3-5,8,11-12,14H,6-7,9-10H2,1-2H3;1H. The number of pyridine rings is 1. The van der Waals surface area contributed by atoms with E-state index in [0.29, 0.717) is 5.69 Å². The Morgan fingerprint density at radius 3 is 2.55 bits per heavy atom. The third-order valence-electron chi connectivity index (χ3n) is 3.78. The van der Waals surface area contributed by atoms with E-state index in [2.05, 4.69) is 10.3 Å². The van der Waals surface area contributed by atoms with Crippen LogP contribution in [-0.4, -0.2) is 43.9 Å². The zero-order valence-corrected chi connectivity index (χ0v) is 13.5. The highest BCUT2D eigenvalue weighted by molar-refractivity contribution is 7.89. The van der Waals surface area contributed by atoms with E-state index in [4.69, 9.17) is 0 Å². The van der Waals surface area contributed by atoms with Gasteiger partial charge in [0.2, 0.25) is 10.0 Å². The van der Waals surface area contributed by atoms with Gasteiger partial charge < -0.3 is 5.32 Å². The average Bonchev–Trinajstić information content (AvgIpc) is 2.47. The molecule has 7 heteroatoms. The van der Waals surface area contributed by atoms with Crippen molar-refractivity contribution in [1.82, 2.24) is 14.6 Å². The number of nitrogens with one attached hydrogen (secondary N) is 1. The first-order chi connectivity index (χ1) is 9.03. The predicted octanol–water partition coefficient (Wildman–Crippen LogP) is 1.58. The van der Waals surface area contributed by atoms with Gasteiger partial charge in [-0.3, -0.25) is 4.98 Å². The van der Waals surface area contributed by atoms with Crippen LogP contribution in [0.1, 0.15) is 30.7 Å². The van der Waals surface area contributed by atoms with Gasteiger partial charge in [-0.05, 0) is 45.0 Å². The van der Waals surface area contributed by atoms with Crippen LogP contribution in [0.4, 0.5) is 0 Å². The summed E-state index contributed by atoms with van der Waals surface area (Å²) in [4.78, 5) is 4.15.